The van der Waals surface area contributed by atoms with Gasteiger partial charge in [0.2, 0.25) is 6.23 Å². The number of ether oxygens (including phenoxy) is 1. The molecule has 0 saturated heterocycles. The first kappa shape index (κ1) is 14.6. The molecule has 1 aromatic heterocycles. The van der Waals surface area contributed by atoms with E-state index in [1.54, 1.807) is 0 Å². The Balaban J connectivity index is 2.04. The number of aromatic nitrogens is 1. The highest BCUT2D eigenvalue weighted by Crippen LogP contribution is 2.40. The quantitative estimate of drug-likeness (QED) is 0.605. The van der Waals surface area contributed by atoms with Gasteiger partial charge < -0.3 is 9.30 Å². The SMILES string of the molecule is C=CC1=C(/C=C\C)OC(c2ccccc2)n2c1cc1ccccc12. The van der Waals surface area contributed by atoms with E-state index in [1.807, 2.05) is 43.4 Å². The third-order valence-corrected chi connectivity index (χ3v) is 4.37. The summed E-state index contributed by atoms with van der Waals surface area (Å²) in [4.78, 5) is 0. The minimum atomic E-state index is -0.184. The van der Waals surface area contributed by atoms with Crippen LogP contribution in [-0.2, 0) is 4.74 Å². The maximum atomic E-state index is 6.39. The highest BCUT2D eigenvalue weighted by molar-refractivity contribution is 5.89. The van der Waals surface area contributed by atoms with Crippen LogP contribution >= 0.6 is 0 Å². The Hall–Kier alpha value is -3.00. The second-order valence-electron chi connectivity index (χ2n) is 5.82. The molecule has 0 amide bonds. The number of hydrogen-bond donors (Lipinski definition) is 0. The van der Waals surface area contributed by atoms with Gasteiger partial charge in [-0.05, 0) is 25.1 Å². The zero-order chi connectivity index (χ0) is 16.5. The van der Waals surface area contributed by atoms with Gasteiger partial charge in [-0.1, -0.05) is 67.3 Å². The van der Waals surface area contributed by atoms with Crippen molar-refractivity contribution in [2.24, 2.45) is 0 Å². The number of fused-ring (bicyclic) bond motifs is 3. The normalized spacial score (nSPS) is 17.1. The smallest absolute Gasteiger partial charge is 0.203 e. The van der Waals surface area contributed by atoms with Crippen LogP contribution < -0.4 is 0 Å². The molecule has 0 bridgehead atoms. The van der Waals surface area contributed by atoms with Crippen LogP contribution in [0, 0.1) is 0 Å². The van der Waals surface area contributed by atoms with Crippen molar-refractivity contribution in [3.63, 3.8) is 0 Å². The monoisotopic (exact) mass is 313 g/mol. The van der Waals surface area contributed by atoms with Crippen LogP contribution in [0.4, 0.5) is 0 Å². The van der Waals surface area contributed by atoms with E-state index in [4.69, 9.17) is 4.74 Å². The second kappa shape index (κ2) is 5.89. The highest BCUT2D eigenvalue weighted by atomic mass is 16.5. The summed E-state index contributed by atoms with van der Waals surface area (Å²) in [6, 6.07) is 21.0. The molecule has 4 rings (SSSR count). The first-order valence-corrected chi connectivity index (χ1v) is 8.15. The van der Waals surface area contributed by atoms with Gasteiger partial charge in [-0.2, -0.15) is 0 Å². The fourth-order valence-electron chi connectivity index (χ4n) is 3.32. The molecule has 24 heavy (non-hydrogen) atoms. The van der Waals surface area contributed by atoms with Gasteiger partial charge in [0.25, 0.3) is 0 Å². The Bertz CT molecular complexity index is 960. The number of benzene rings is 2. The predicted molar refractivity (Wildman–Crippen MR) is 99.5 cm³/mol. The summed E-state index contributed by atoms with van der Waals surface area (Å²) in [7, 11) is 0. The minimum absolute atomic E-state index is 0.184. The Kier molecular flexibility index (Phi) is 3.58. The number of para-hydroxylation sites is 1. The molecule has 3 aromatic rings. The van der Waals surface area contributed by atoms with Gasteiger partial charge >= 0.3 is 0 Å². The highest BCUT2D eigenvalue weighted by Gasteiger charge is 2.28. The van der Waals surface area contributed by atoms with Crippen LogP contribution in [0.3, 0.4) is 0 Å². The van der Waals surface area contributed by atoms with Crippen molar-refractivity contribution in [1.29, 1.82) is 0 Å². The lowest BCUT2D eigenvalue weighted by atomic mass is 10.1. The standard InChI is InChI=1S/C22H19NO/c1-3-10-21-18(4-2)20-15-17-13-8-9-14-19(17)23(20)22(24-21)16-11-6-5-7-12-16/h3-15,22H,2H2,1H3/b10-3-. The summed E-state index contributed by atoms with van der Waals surface area (Å²) in [5.74, 6) is 0.858. The molecule has 1 aliphatic rings. The molecule has 0 spiro atoms. The zero-order valence-electron chi connectivity index (χ0n) is 13.6. The molecule has 2 heterocycles. The molecule has 2 nitrogen and oxygen atoms in total. The summed E-state index contributed by atoms with van der Waals surface area (Å²) < 4.78 is 8.65. The number of allylic oxidation sites excluding steroid dienone is 4. The van der Waals surface area contributed by atoms with Crippen molar-refractivity contribution in [2.45, 2.75) is 13.2 Å². The summed E-state index contributed by atoms with van der Waals surface area (Å²) in [6.07, 6.45) is 5.70. The van der Waals surface area contributed by atoms with Crippen LogP contribution in [0.1, 0.15) is 24.4 Å². The van der Waals surface area contributed by atoms with Crippen molar-refractivity contribution in [3.8, 4) is 0 Å². The van der Waals surface area contributed by atoms with Gasteiger partial charge in [-0.25, -0.2) is 0 Å². The summed E-state index contributed by atoms with van der Waals surface area (Å²) in [5.41, 5.74) is 4.46. The molecule has 0 radical (unpaired) electrons. The van der Waals surface area contributed by atoms with Gasteiger partial charge in [0, 0.05) is 16.5 Å². The zero-order valence-corrected chi connectivity index (χ0v) is 13.6. The average molecular weight is 313 g/mol. The Morgan fingerprint density at radius 3 is 2.54 bits per heavy atom. The Labute approximate surface area is 142 Å². The van der Waals surface area contributed by atoms with E-state index in [0.717, 1.165) is 22.6 Å². The van der Waals surface area contributed by atoms with E-state index in [0.29, 0.717) is 0 Å². The lowest BCUT2D eigenvalue weighted by Crippen LogP contribution is -2.20. The van der Waals surface area contributed by atoms with Crippen molar-refractivity contribution in [3.05, 3.63) is 102 Å². The largest absolute Gasteiger partial charge is 0.465 e. The summed E-state index contributed by atoms with van der Waals surface area (Å²) >= 11 is 0. The fraction of sp³-hybridized carbons (Fsp3) is 0.0909. The van der Waals surface area contributed by atoms with Gasteiger partial charge in [0.1, 0.15) is 5.76 Å². The number of nitrogens with zero attached hydrogens (tertiary/aromatic N) is 1. The molecule has 118 valence electrons. The van der Waals surface area contributed by atoms with Gasteiger partial charge in [0.15, 0.2) is 0 Å². The van der Waals surface area contributed by atoms with E-state index in [9.17, 15) is 0 Å². The molecular formula is C22H19NO. The van der Waals surface area contributed by atoms with Crippen molar-refractivity contribution >= 4 is 16.5 Å². The molecule has 2 aromatic carbocycles. The van der Waals surface area contributed by atoms with Gasteiger partial charge in [0.05, 0.1) is 11.2 Å². The fourth-order valence-corrected chi connectivity index (χ4v) is 3.32. The maximum absolute atomic E-state index is 6.39. The maximum Gasteiger partial charge on any atom is 0.203 e. The van der Waals surface area contributed by atoms with Crippen LogP contribution in [-0.4, -0.2) is 4.57 Å². The van der Waals surface area contributed by atoms with E-state index in [2.05, 4.69) is 53.6 Å². The third-order valence-electron chi connectivity index (χ3n) is 4.37. The third kappa shape index (κ3) is 2.19. The first-order chi connectivity index (χ1) is 11.8. The number of rotatable bonds is 3. The van der Waals surface area contributed by atoms with E-state index in [1.165, 1.54) is 10.9 Å². The molecule has 1 atom stereocenters. The molecular weight excluding hydrogens is 294 g/mol. The summed E-state index contributed by atoms with van der Waals surface area (Å²) in [6.45, 7) is 6.00. The van der Waals surface area contributed by atoms with Crippen LogP contribution in [0.25, 0.3) is 16.5 Å². The molecule has 1 unspecified atom stereocenters. The van der Waals surface area contributed by atoms with E-state index < -0.39 is 0 Å². The van der Waals surface area contributed by atoms with E-state index >= 15 is 0 Å². The van der Waals surface area contributed by atoms with Crippen molar-refractivity contribution in [1.82, 2.24) is 4.57 Å². The van der Waals surface area contributed by atoms with Crippen LogP contribution in [0.5, 0.6) is 0 Å². The topological polar surface area (TPSA) is 14.2 Å². The second-order valence-corrected chi connectivity index (χ2v) is 5.82. The number of hydrogen-bond acceptors (Lipinski definition) is 1. The van der Waals surface area contributed by atoms with Gasteiger partial charge in [-0.15, -0.1) is 0 Å². The minimum Gasteiger partial charge on any atom is -0.465 e. The van der Waals surface area contributed by atoms with Gasteiger partial charge in [-0.3, -0.25) is 0 Å². The molecule has 1 aliphatic heterocycles. The lowest BCUT2D eigenvalue weighted by molar-refractivity contribution is 0.0972. The predicted octanol–water partition coefficient (Wildman–Crippen LogP) is 5.69. The van der Waals surface area contributed by atoms with E-state index in [-0.39, 0.29) is 6.23 Å². The molecule has 2 heteroatoms. The summed E-state index contributed by atoms with van der Waals surface area (Å²) in [5, 5.41) is 1.21. The Morgan fingerprint density at radius 1 is 1.04 bits per heavy atom. The van der Waals surface area contributed by atoms with Crippen LogP contribution in [0.2, 0.25) is 0 Å². The molecule has 0 fully saturated rings. The molecule has 0 N–H and O–H groups in total. The Morgan fingerprint density at radius 2 is 1.79 bits per heavy atom. The molecule has 0 saturated carbocycles. The van der Waals surface area contributed by atoms with Crippen molar-refractivity contribution in [2.75, 3.05) is 0 Å². The average Bonchev–Trinajstić information content (AvgIpc) is 3.01. The lowest BCUT2D eigenvalue weighted by Gasteiger charge is -2.30. The molecule has 0 aliphatic carbocycles. The van der Waals surface area contributed by atoms with Crippen molar-refractivity contribution < 1.29 is 4.74 Å². The first-order valence-electron chi connectivity index (χ1n) is 8.15. The van der Waals surface area contributed by atoms with Crippen LogP contribution in [0.15, 0.2) is 91.2 Å².